The van der Waals surface area contributed by atoms with Gasteiger partial charge in [-0.05, 0) is 44.2 Å². The molecular formula is C17H16N6O2. The van der Waals surface area contributed by atoms with Gasteiger partial charge in [0.25, 0.3) is 11.5 Å². The van der Waals surface area contributed by atoms with Crippen LogP contribution in [0.3, 0.4) is 0 Å². The Morgan fingerprint density at radius 3 is 2.40 bits per heavy atom. The molecule has 0 bridgehead atoms. The van der Waals surface area contributed by atoms with Crippen molar-refractivity contribution >= 4 is 23.2 Å². The fraction of sp³-hybridized carbons (Fsp3) is 0.118. The molecule has 2 heterocycles. The van der Waals surface area contributed by atoms with Crippen molar-refractivity contribution < 1.29 is 4.79 Å². The summed E-state index contributed by atoms with van der Waals surface area (Å²) in [6, 6.07) is 11.6. The second-order valence-corrected chi connectivity index (χ2v) is 5.44. The first-order valence-electron chi connectivity index (χ1n) is 7.56. The Morgan fingerprint density at radius 1 is 1.00 bits per heavy atom. The van der Waals surface area contributed by atoms with Crippen molar-refractivity contribution in [3.8, 4) is 0 Å². The van der Waals surface area contributed by atoms with Gasteiger partial charge in [0.15, 0.2) is 0 Å². The van der Waals surface area contributed by atoms with Crippen LogP contribution >= 0.6 is 0 Å². The minimum Gasteiger partial charge on any atom is -0.324 e. The highest BCUT2D eigenvalue weighted by Crippen LogP contribution is 2.19. The highest BCUT2D eigenvalue weighted by Gasteiger charge is 2.08. The predicted octanol–water partition coefficient (Wildman–Crippen LogP) is 2.17. The van der Waals surface area contributed by atoms with E-state index in [2.05, 4.69) is 30.8 Å². The molecule has 0 saturated carbocycles. The summed E-state index contributed by atoms with van der Waals surface area (Å²) in [6.45, 7) is 3.79. The smallest absolute Gasteiger partial charge is 0.276 e. The standard InChI is InChI=1S/C17H16N6O2/c1-10-8-11(2)19-17(18-10)21-13-5-3-4-12(9-13)20-16(25)14-6-7-15(24)23-22-14/h3-9H,1-2H3,(H,20,25)(H,23,24)(H,18,19,21). The van der Waals surface area contributed by atoms with Gasteiger partial charge < -0.3 is 10.6 Å². The lowest BCUT2D eigenvalue weighted by Crippen LogP contribution is -2.17. The third-order valence-corrected chi connectivity index (χ3v) is 3.27. The summed E-state index contributed by atoms with van der Waals surface area (Å²) in [6.07, 6.45) is 0. The first-order chi connectivity index (χ1) is 12.0. The lowest BCUT2D eigenvalue weighted by molar-refractivity contribution is 0.102. The van der Waals surface area contributed by atoms with Gasteiger partial charge in [-0.15, -0.1) is 0 Å². The second kappa shape index (κ2) is 6.91. The van der Waals surface area contributed by atoms with E-state index >= 15 is 0 Å². The number of H-pyrrole nitrogens is 1. The Balaban J connectivity index is 1.76. The quantitative estimate of drug-likeness (QED) is 0.673. The van der Waals surface area contributed by atoms with Gasteiger partial charge in [-0.2, -0.15) is 5.10 Å². The summed E-state index contributed by atoms with van der Waals surface area (Å²) in [5, 5.41) is 11.8. The third kappa shape index (κ3) is 4.25. The SMILES string of the molecule is Cc1cc(C)nc(Nc2cccc(NC(=O)c3ccc(=O)[nH]n3)c2)n1. The van der Waals surface area contributed by atoms with Crippen LogP contribution in [0, 0.1) is 13.8 Å². The number of hydrogen-bond donors (Lipinski definition) is 3. The van der Waals surface area contributed by atoms with Crippen LogP contribution in [0.5, 0.6) is 0 Å². The number of hydrogen-bond acceptors (Lipinski definition) is 6. The molecule has 0 radical (unpaired) electrons. The van der Waals surface area contributed by atoms with Crippen molar-refractivity contribution in [1.82, 2.24) is 20.2 Å². The highest BCUT2D eigenvalue weighted by molar-refractivity contribution is 6.02. The summed E-state index contributed by atoms with van der Waals surface area (Å²) in [5.41, 5.74) is 2.80. The molecule has 126 valence electrons. The van der Waals surface area contributed by atoms with Gasteiger partial charge in [-0.25, -0.2) is 15.1 Å². The zero-order valence-corrected chi connectivity index (χ0v) is 13.7. The van der Waals surface area contributed by atoms with E-state index in [1.165, 1.54) is 12.1 Å². The molecule has 1 amide bonds. The molecule has 0 aliphatic carbocycles. The normalized spacial score (nSPS) is 10.3. The van der Waals surface area contributed by atoms with E-state index in [9.17, 15) is 9.59 Å². The van der Waals surface area contributed by atoms with Crippen molar-refractivity contribution in [2.45, 2.75) is 13.8 Å². The lowest BCUT2D eigenvalue weighted by atomic mass is 10.2. The van der Waals surface area contributed by atoms with E-state index in [4.69, 9.17) is 0 Å². The number of nitrogens with one attached hydrogen (secondary N) is 3. The van der Waals surface area contributed by atoms with Gasteiger partial charge in [0.2, 0.25) is 5.95 Å². The number of nitrogens with zero attached hydrogens (tertiary/aromatic N) is 3. The molecular weight excluding hydrogens is 320 g/mol. The zero-order chi connectivity index (χ0) is 17.8. The van der Waals surface area contributed by atoms with Gasteiger partial charge >= 0.3 is 0 Å². The molecule has 0 spiro atoms. The minimum atomic E-state index is -0.420. The maximum absolute atomic E-state index is 12.1. The van der Waals surface area contributed by atoms with E-state index in [-0.39, 0.29) is 11.3 Å². The second-order valence-electron chi connectivity index (χ2n) is 5.44. The monoisotopic (exact) mass is 336 g/mol. The van der Waals surface area contributed by atoms with E-state index in [0.29, 0.717) is 11.6 Å². The average molecular weight is 336 g/mol. The number of aromatic nitrogens is 4. The maximum atomic E-state index is 12.1. The molecule has 25 heavy (non-hydrogen) atoms. The molecule has 3 N–H and O–H groups in total. The Kier molecular flexibility index (Phi) is 4.51. The van der Waals surface area contributed by atoms with Crippen LogP contribution in [-0.2, 0) is 0 Å². The van der Waals surface area contributed by atoms with Crippen molar-refractivity contribution in [2.75, 3.05) is 10.6 Å². The number of aromatic amines is 1. The van der Waals surface area contributed by atoms with Crippen LogP contribution in [0.4, 0.5) is 17.3 Å². The van der Waals surface area contributed by atoms with Gasteiger partial charge in [0.1, 0.15) is 5.69 Å². The predicted molar refractivity (Wildman–Crippen MR) is 94.0 cm³/mol. The molecule has 0 atom stereocenters. The van der Waals surface area contributed by atoms with E-state index in [1.807, 2.05) is 26.0 Å². The molecule has 2 aromatic heterocycles. The summed E-state index contributed by atoms with van der Waals surface area (Å²) in [4.78, 5) is 31.8. The Morgan fingerprint density at radius 2 is 1.72 bits per heavy atom. The van der Waals surface area contributed by atoms with Crippen molar-refractivity contribution in [1.29, 1.82) is 0 Å². The number of benzene rings is 1. The van der Waals surface area contributed by atoms with E-state index < -0.39 is 5.91 Å². The van der Waals surface area contributed by atoms with Gasteiger partial charge in [0, 0.05) is 28.8 Å². The summed E-state index contributed by atoms with van der Waals surface area (Å²) >= 11 is 0. The van der Waals surface area contributed by atoms with E-state index in [1.54, 1.807) is 18.2 Å². The highest BCUT2D eigenvalue weighted by atomic mass is 16.2. The van der Waals surface area contributed by atoms with E-state index in [0.717, 1.165) is 17.1 Å². The molecule has 3 rings (SSSR count). The Bertz CT molecular complexity index is 942. The van der Waals surface area contributed by atoms with Crippen LogP contribution in [0.1, 0.15) is 21.9 Å². The number of carbonyl (C=O) groups excluding carboxylic acids is 1. The van der Waals surface area contributed by atoms with Crippen molar-refractivity contribution in [2.24, 2.45) is 0 Å². The Hall–Kier alpha value is -3.55. The topological polar surface area (TPSA) is 113 Å². The molecule has 8 nitrogen and oxygen atoms in total. The van der Waals surface area contributed by atoms with Crippen LogP contribution < -0.4 is 16.2 Å². The largest absolute Gasteiger partial charge is 0.324 e. The molecule has 0 saturated heterocycles. The summed E-state index contributed by atoms with van der Waals surface area (Å²) in [5.74, 6) is 0.0688. The summed E-state index contributed by atoms with van der Waals surface area (Å²) < 4.78 is 0. The molecule has 0 unspecified atom stereocenters. The maximum Gasteiger partial charge on any atom is 0.276 e. The molecule has 1 aromatic carbocycles. The van der Waals surface area contributed by atoms with Gasteiger partial charge in [-0.1, -0.05) is 6.07 Å². The van der Waals surface area contributed by atoms with Crippen molar-refractivity contribution in [3.63, 3.8) is 0 Å². The fourth-order valence-electron chi connectivity index (χ4n) is 2.25. The lowest BCUT2D eigenvalue weighted by Gasteiger charge is -2.09. The first-order valence-corrected chi connectivity index (χ1v) is 7.56. The number of rotatable bonds is 4. The third-order valence-electron chi connectivity index (χ3n) is 3.27. The molecule has 3 aromatic rings. The zero-order valence-electron chi connectivity index (χ0n) is 13.7. The van der Waals surface area contributed by atoms with Crippen LogP contribution in [-0.4, -0.2) is 26.1 Å². The molecule has 0 aliphatic heterocycles. The number of anilines is 3. The van der Waals surface area contributed by atoms with Gasteiger partial charge in [-0.3, -0.25) is 9.59 Å². The number of aryl methyl sites for hydroxylation is 2. The molecule has 0 fully saturated rings. The van der Waals surface area contributed by atoms with Crippen LogP contribution in [0.25, 0.3) is 0 Å². The fourth-order valence-corrected chi connectivity index (χ4v) is 2.25. The Labute approximate surface area is 143 Å². The van der Waals surface area contributed by atoms with Crippen LogP contribution in [0.15, 0.2) is 47.3 Å². The average Bonchev–Trinajstić information content (AvgIpc) is 2.54. The first kappa shape index (κ1) is 16.3. The molecule has 0 aliphatic rings. The van der Waals surface area contributed by atoms with Crippen molar-refractivity contribution in [3.05, 3.63) is 69.9 Å². The number of carbonyl (C=O) groups is 1. The summed E-state index contributed by atoms with van der Waals surface area (Å²) in [7, 11) is 0. The minimum absolute atomic E-state index is 0.121. The molecule has 8 heteroatoms. The van der Waals surface area contributed by atoms with Crippen LogP contribution in [0.2, 0.25) is 0 Å². The number of amides is 1. The van der Waals surface area contributed by atoms with Gasteiger partial charge in [0.05, 0.1) is 0 Å².